The van der Waals surface area contributed by atoms with Gasteiger partial charge < -0.3 is 14.2 Å². The van der Waals surface area contributed by atoms with E-state index >= 15 is 0 Å². The van der Waals surface area contributed by atoms with Gasteiger partial charge in [0, 0.05) is 36.2 Å². The predicted molar refractivity (Wildman–Crippen MR) is 91.7 cm³/mol. The number of para-hydroxylation sites is 1. The number of hydrogen-bond donors (Lipinski definition) is 0. The zero-order valence-corrected chi connectivity index (χ0v) is 13.7. The Labute approximate surface area is 137 Å². The molecule has 0 aliphatic carbocycles. The van der Waals surface area contributed by atoms with Crippen LogP contribution in [-0.2, 0) is 9.53 Å². The van der Waals surface area contributed by atoms with Gasteiger partial charge in [-0.2, -0.15) is 0 Å². The first-order valence-corrected chi connectivity index (χ1v) is 7.96. The molecule has 0 spiro atoms. The van der Waals surface area contributed by atoms with Gasteiger partial charge in [0.1, 0.15) is 0 Å². The van der Waals surface area contributed by atoms with Crippen LogP contribution in [0.15, 0.2) is 42.5 Å². The van der Waals surface area contributed by atoms with Gasteiger partial charge in [0.05, 0.1) is 13.2 Å². The van der Waals surface area contributed by atoms with Crippen molar-refractivity contribution in [2.75, 3.05) is 26.3 Å². The van der Waals surface area contributed by atoms with E-state index < -0.39 is 0 Å². The second-order valence-corrected chi connectivity index (χ2v) is 5.77. The number of benzene rings is 1. The van der Waals surface area contributed by atoms with E-state index in [-0.39, 0.29) is 5.91 Å². The van der Waals surface area contributed by atoms with Crippen LogP contribution in [0.4, 0.5) is 0 Å². The maximum atomic E-state index is 12.2. The van der Waals surface area contributed by atoms with Crippen LogP contribution < -0.4 is 0 Å². The third-order valence-electron chi connectivity index (χ3n) is 4.21. The fraction of sp³-hybridized carbons (Fsp3) is 0.316. The van der Waals surface area contributed by atoms with Gasteiger partial charge in [0.2, 0.25) is 5.91 Å². The average Bonchev–Trinajstić information content (AvgIpc) is 2.88. The van der Waals surface area contributed by atoms with Crippen LogP contribution in [0.25, 0.3) is 11.8 Å². The van der Waals surface area contributed by atoms with Crippen LogP contribution in [0.1, 0.15) is 17.0 Å². The Hall–Kier alpha value is -2.33. The number of aryl methyl sites for hydroxylation is 1. The minimum Gasteiger partial charge on any atom is -0.378 e. The van der Waals surface area contributed by atoms with Crippen LogP contribution in [0.5, 0.6) is 0 Å². The number of morpholine rings is 1. The molecule has 120 valence electrons. The van der Waals surface area contributed by atoms with Gasteiger partial charge >= 0.3 is 0 Å². The zero-order chi connectivity index (χ0) is 16.2. The first-order valence-electron chi connectivity index (χ1n) is 7.96. The summed E-state index contributed by atoms with van der Waals surface area (Å²) in [6.45, 7) is 6.77. The predicted octanol–water partition coefficient (Wildman–Crippen LogP) is 2.97. The van der Waals surface area contributed by atoms with Gasteiger partial charge in [-0.05, 0) is 43.7 Å². The number of rotatable bonds is 3. The summed E-state index contributed by atoms with van der Waals surface area (Å²) in [5.74, 6) is 0.0535. The zero-order valence-electron chi connectivity index (χ0n) is 13.7. The Morgan fingerprint density at radius 1 is 1.13 bits per heavy atom. The van der Waals surface area contributed by atoms with Gasteiger partial charge in [0.25, 0.3) is 0 Å². The summed E-state index contributed by atoms with van der Waals surface area (Å²) >= 11 is 0. The number of hydrogen-bond acceptors (Lipinski definition) is 2. The highest BCUT2D eigenvalue weighted by Gasteiger charge is 2.14. The summed E-state index contributed by atoms with van der Waals surface area (Å²) in [5, 5.41) is 0. The highest BCUT2D eigenvalue weighted by Crippen LogP contribution is 2.21. The van der Waals surface area contributed by atoms with E-state index in [4.69, 9.17) is 4.74 Å². The molecule has 23 heavy (non-hydrogen) atoms. The summed E-state index contributed by atoms with van der Waals surface area (Å²) in [4.78, 5) is 14.1. The van der Waals surface area contributed by atoms with Gasteiger partial charge in [-0.15, -0.1) is 0 Å². The normalized spacial score (nSPS) is 15.3. The molecule has 4 nitrogen and oxygen atoms in total. The molecule has 0 saturated carbocycles. The number of carbonyl (C=O) groups excluding carboxylic acids is 1. The van der Waals surface area contributed by atoms with Crippen LogP contribution in [0.2, 0.25) is 0 Å². The molecule has 1 amide bonds. The second kappa shape index (κ2) is 6.84. The maximum Gasteiger partial charge on any atom is 0.246 e. The molecule has 3 rings (SSSR count). The molecule has 2 heterocycles. The van der Waals surface area contributed by atoms with Crippen molar-refractivity contribution in [1.82, 2.24) is 9.47 Å². The van der Waals surface area contributed by atoms with Crippen molar-refractivity contribution < 1.29 is 9.53 Å². The summed E-state index contributed by atoms with van der Waals surface area (Å²) in [6.07, 6.45) is 3.59. The molecule has 0 radical (unpaired) electrons. The molecule has 0 N–H and O–H groups in total. The number of carbonyl (C=O) groups is 1. The van der Waals surface area contributed by atoms with E-state index in [2.05, 4.69) is 36.6 Å². The van der Waals surface area contributed by atoms with Crippen molar-refractivity contribution in [1.29, 1.82) is 0 Å². The molecule has 0 bridgehead atoms. The summed E-state index contributed by atoms with van der Waals surface area (Å²) in [5.41, 5.74) is 4.52. The van der Waals surface area contributed by atoms with Crippen LogP contribution >= 0.6 is 0 Å². The van der Waals surface area contributed by atoms with E-state index in [1.807, 2.05) is 29.2 Å². The Kier molecular flexibility index (Phi) is 4.63. The molecule has 0 atom stereocenters. The molecule has 1 saturated heterocycles. The van der Waals surface area contributed by atoms with Crippen molar-refractivity contribution in [3.63, 3.8) is 0 Å². The molecular formula is C19H22N2O2. The minimum absolute atomic E-state index is 0.0535. The summed E-state index contributed by atoms with van der Waals surface area (Å²) < 4.78 is 7.49. The molecular weight excluding hydrogens is 288 g/mol. The van der Waals surface area contributed by atoms with Gasteiger partial charge in [-0.1, -0.05) is 18.2 Å². The highest BCUT2D eigenvalue weighted by atomic mass is 16.5. The lowest BCUT2D eigenvalue weighted by molar-refractivity contribution is -0.129. The van der Waals surface area contributed by atoms with Crippen molar-refractivity contribution >= 4 is 12.0 Å². The summed E-state index contributed by atoms with van der Waals surface area (Å²) in [6, 6.07) is 12.4. The first kappa shape index (κ1) is 15.6. The van der Waals surface area contributed by atoms with E-state index in [9.17, 15) is 4.79 Å². The van der Waals surface area contributed by atoms with Crippen molar-refractivity contribution in [3.05, 3.63) is 59.4 Å². The Morgan fingerprint density at radius 3 is 2.52 bits per heavy atom. The Balaban J connectivity index is 1.81. The van der Waals surface area contributed by atoms with Gasteiger partial charge in [-0.25, -0.2) is 0 Å². The van der Waals surface area contributed by atoms with E-state index in [1.165, 1.54) is 0 Å². The van der Waals surface area contributed by atoms with Crippen LogP contribution in [0, 0.1) is 13.8 Å². The molecule has 1 aliphatic heterocycles. The molecule has 1 aliphatic rings. The van der Waals surface area contributed by atoms with Crippen LogP contribution in [0.3, 0.4) is 0 Å². The average molecular weight is 310 g/mol. The van der Waals surface area contributed by atoms with Crippen LogP contribution in [-0.4, -0.2) is 41.7 Å². The fourth-order valence-corrected chi connectivity index (χ4v) is 2.98. The maximum absolute atomic E-state index is 12.2. The fourth-order valence-electron chi connectivity index (χ4n) is 2.98. The lowest BCUT2D eigenvalue weighted by Crippen LogP contribution is -2.39. The lowest BCUT2D eigenvalue weighted by atomic mass is 10.2. The quantitative estimate of drug-likeness (QED) is 0.817. The molecule has 4 heteroatoms. The smallest absolute Gasteiger partial charge is 0.246 e. The second-order valence-electron chi connectivity index (χ2n) is 5.77. The molecule has 1 aromatic carbocycles. The third-order valence-corrected chi connectivity index (χ3v) is 4.21. The van der Waals surface area contributed by atoms with Crippen molar-refractivity contribution in [2.45, 2.75) is 13.8 Å². The monoisotopic (exact) mass is 310 g/mol. The highest BCUT2D eigenvalue weighted by molar-refractivity contribution is 5.92. The van der Waals surface area contributed by atoms with Gasteiger partial charge in [0.15, 0.2) is 0 Å². The van der Waals surface area contributed by atoms with E-state index in [0.29, 0.717) is 26.3 Å². The lowest BCUT2D eigenvalue weighted by Gasteiger charge is -2.25. The number of nitrogens with zero attached hydrogens (tertiary/aromatic N) is 2. The first-order chi connectivity index (χ1) is 11.2. The number of ether oxygens (including phenoxy) is 1. The molecule has 1 fully saturated rings. The largest absolute Gasteiger partial charge is 0.378 e. The van der Waals surface area contributed by atoms with Crippen molar-refractivity contribution in [2.24, 2.45) is 0 Å². The Bertz CT molecular complexity index is 710. The standard InChI is InChI=1S/C19H22N2O2/c1-15-14-17(8-9-19(22)20-10-12-23-13-11-20)16(2)21(15)18-6-4-3-5-7-18/h3-9,14H,10-13H2,1-2H3. The topological polar surface area (TPSA) is 34.5 Å². The SMILES string of the molecule is Cc1cc(C=CC(=O)N2CCOCC2)c(C)n1-c1ccccc1. The van der Waals surface area contributed by atoms with E-state index in [0.717, 1.165) is 22.6 Å². The molecule has 2 aromatic rings. The molecule has 1 aromatic heterocycles. The number of aromatic nitrogens is 1. The number of amides is 1. The summed E-state index contributed by atoms with van der Waals surface area (Å²) in [7, 11) is 0. The third kappa shape index (κ3) is 3.37. The van der Waals surface area contributed by atoms with Gasteiger partial charge in [-0.3, -0.25) is 4.79 Å². The minimum atomic E-state index is 0.0535. The van der Waals surface area contributed by atoms with E-state index in [1.54, 1.807) is 6.08 Å². The van der Waals surface area contributed by atoms with Crippen molar-refractivity contribution in [3.8, 4) is 5.69 Å². The Morgan fingerprint density at radius 2 is 1.83 bits per heavy atom. The molecule has 0 unspecified atom stereocenters.